The maximum absolute atomic E-state index is 12.0. The van der Waals surface area contributed by atoms with Crippen molar-refractivity contribution in [2.75, 3.05) is 0 Å². The fourth-order valence-corrected chi connectivity index (χ4v) is 1.97. The van der Waals surface area contributed by atoms with Crippen LogP contribution in [0.2, 0.25) is 0 Å². The van der Waals surface area contributed by atoms with E-state index in [9.17, 15) is 9.59 Å². The molecule has 4 nitrogen and oxygen atoms in total. The number of hydrogen-bond acceptors (Lipinski definition) is 3. The maximum atomic E-state index is 12.0. The van der Waals surface area contributed by atoms with E-state index in [1.54, 1.807) is 31.2 Å². The molecule has 0 aromatic heterocycles. The van der Waals surface area contributed by atoms with Crippen LogP contribution in [0.1, 0.15) is 18.9 Å². The van der Waals surface area contributed by atoms with Gasteiger partial charge < -0.3 is 9.84 Å². The zero-order valence-corrected chi connectivity index (χ0v) is 9.34. The monoisotopic (exact) mass is 232 g/mol. The lowest BCUT2D eigenvalue weighted by molar-refractivity contribution is -0.142. The first-order valence-electron chi connectivity index (χ1n) is 5.34. The number of rotatable bonds is 3. The van der Waals surface area contributed by atoms with E-state index in [0.29, 0.717) is 12.0 Å². The first kappa shape index (κ1) is 11.4. The smallest absolute Gasteiger partial charge is 0.371 e. The molecule has 0 amide bonds. The molecule has 0 saturated heterocycles. The molecule has 1 unspecified atom stereocenters. The fourth-order valence-electron chi connectivity index (χ4n) is 1.97. The average molecular weight is 232 g/mol. The molecule has 1 atom stereocenters. The highest BCUT2D eigenvalue weighted by molar-refractivity contribution is 6.05. The van der Waals surface area contributed by atoms with E-state index in [1.165, 1.54) is 0 Å². The molecule has 1 aliphatic rings. The third kappa shape index (κ3) is 1.71. The Morgan fingerprint density at radius 2 is 2.00 bits per heavy atom. The van der Waals surface area contributed by atoms with Gasteiger partial charge in [0.25, 0.3) is 0 Å². The van der Waals surface area contributed by atoms with E-state index in [-0.39, 0.29) is 11.5 Å². The number of carboxylic acid groups (broad SMARTS) is 1. The molecular weight excluding hydrogens is 220 g/mol. The van der Waals surface area contributed by atoms with E-state index in [1.807, 2.05) is 6.07 Å². The van der Waals surface area contributed by atoms with Crippen LogP contribution in [-0.2, 0) is 19.9 Å². The second kappa shape index (κ2) is 4.05. The van der Waals surface area contributed by atoms with Gasteiger partial charge in [-0.3, -0.25) is 4.79 Å². The molecule has 1 N–H and O–H groups in total. The lowest BCUT2D eigenvalue weighted by Gasteiger charge is -2.26. The van der Waals surface area contributed by atoms with Gasteiger partial charge >= 0.3 is 5.97 Å². The summed E-state index contributed by atoms with van der Waals surface area (Å²) in [5, 5.41) is 8.86. The van der Waals surface area contributed by atoms with Gasteiger partial charge in [0.15, 0.2) is 5.60 Å². The number of aliphatic carboxylic acids is 1. The van der Waals surface area contributed by atoms with Crippen LogP contribution in [0.15, 0.2) is 42.2 Å². The van der Waals surface area contributed by atoms with Gasteiger partial charge in [0, 0.05) is 11.6 Å². The predicted molar refractivity (Wildman–Crippen MR) is 60.2 cm³/mol. The minimum atomic E-state index is -1.22. The minimum absolute atomic E-state index is 0.291. The summed E-state index contributed by atoms with van der Waals surface area (Å²) in [6.45, 7) is 1.80. The predicted octanol–water partition coefficient (Wildman–Crippen LogP) is 1.86. The third-order valence-corrected chi connectivity index (χ3v) is 2.89. The molecule has 0 aliphatic carbocycles. The zero-order chi connectivity index (χ0) is 12.5. The molecule has 0 radical (unpaired) electrons. The van der Waals surface area contributed by atoms with Crippen LogP contribution >= 0.6 is 0 Å². The second-order valence-corrected chi connectivity index (χ2v) is 3.83. The van der Waals surface area contributed by atoms with Gasteiger partial charge in [0.05, 0.1) is 0 Å². The summed E-state index contributed by atoms with van der Waals surface area (Å²) in [5.41, 5.74) is -0.491. The molecule has 0 spiro atoms. The average Bonchev–Trinajstić information content (AvgIpc) is 2.69. The zero-order valence-electron chi connectivity index (χ0n) is 9.34. The fraction of sp³-hybridized carbons (Fsp3) is 0.231. The molecular formula is C13H12O4. The van der Waals surface area contributed by atoms with Crippen LogP contribution in [0, 0.1) is 0 Å². The van der Waals surface area contributed by atoms with Crippen molar-refractivity contribution < 1.29 is 19.4 Å². The Kier molecular flexibility index (Phi) is 2.71. The lowest BCUT2D eigenvalue weighted by Crippen LogP contribution is -2.33. The van der Waals surface area contributed by atoms with Gasteiger partial charge in [-0.15, -0.1) is 0 Å². The molecule has 88 valence electrons. The molecule has 0 saturated carbocycles. The molecule has 0 bridgehead atoms. The van der Waals surface area contributed by atoms with Gasteiger partial charge in [-0.1, -0.05) is 37.3 Å². The summed E-state index contributed by atoms with van der Waals surface area (Å²) >= 11 is 0. The summed E-state index contributed by atoms with van der Waals surface area (Å²) in [4.78, 5) is 22.8. The summed E-state index contributed by atoms with van der Waals surface area (Å²) in [6, 6.07) is 8.95. The SMILES string of the molecule is CCC1(c2ccccc2)OC(C(=O)O)=CC1=O. The van der Waals surface area contributed by atoms with Crippen LogP contribution in [-0.4, -0.2) is 16.9 Å². The summed E-state index contributed by atoms with van der Waals surface area (Å²) in [5.74, 6) is -1.83. The molecule has 1 heterocycles. The largest absolute Gasteiger partial charge is 0.475 e. The quantitative estimate of drug-likeness (QED) is 0.863. The molecule has 2 rings (SSSR count). The number of benzene rings is 1. The van der Waals surface area contributed by atoms with Crippen LogP contribution in [0.5, 0.6) is 0 Å². The molecule has 4 heteroatoms. The minimum Gasteiger partial charge on any atom is -0.475 e. The number of ketones is 1. The maximum Gasteiger partial charge on any atom is 0.371 e. The molecule has 0 fully saturated rings. The number of ether oxygens (including phenoxy) is 1. The highest BCUT2D eigenvalue weighted by Crippen LogP contribution is 2.37. The number of hydrogen-bond donors (Lipinski definition) is 1. The van der Waals surface area contributed by atoms with Crippen molar-refractivity contribution in [1.29, 1.82) is 0 Å². The van der Waals surface area contributed by atoms with Gasteiger partial charge in [0.2, 0.25) is 11.5 Å². The van der Waals surface area contributed by atoms with Gasteiger partial charge in [-0.2, -0.15) is 0 Å². The van der Waals surface area contributed by atoms with Gasteiger partial charge in [-0.05, 0) is 6.42 Å². The third-order valence-electron chi connectivity index (χ3n) is 2.89. The Balaban J connectivity index is 2.43. The Hall–Kier alpha value is -2.10. The van der Waals surface area contributed by atoms with Crippen molar-refractivity contribution >= 4 is 11.8 Å². The van der Waals surface area contributed by atoms with Gasteiger partial charge in [-0.25, -0.2) is 4.79 Å². The van der Waals surface area contributed by atoms with Crippen molar-refractivity contribution in [1.82, 2.24) is 0 Å². The van der Waals surface area contributed by atoms with E-state index in [4.69, 9.17) is 9.84 Å². The van der Waals surface area contributed by atoms with E-state index >= 15 is 0 Å². The standard InChI is InChI=1S/C13H12O4/c1-2-13(9-6-4-3-5-7-9)11(14)8-10(17-13)12(15)16/h3-8H,2H2,1H3,(H,15,16). The van der Waals surface area contributed by atoms with Crippen LogP contribution < -0.4 is 0 Å². The first-order chi connectivity index (χ1) is 8.10. The number of carbonyl (C=O) groups excluding carboxylic acids is 1. The Morgan fingerprint density at radius 1 is 1.35 bits per heavy atom. The Morgan fingerprint density at radius 3 is 2.47 bits per heavy atom. The number of carboxylic acids is 1. The van der Waals surface area contributed by atoms with Crippen LogP contribution in [0.25, 0.3) is 0 Å². The molecule has 17 heavy (non-hydrogen) atoms. The van der Waals surface area contributed by atoms with Gasteiger partial charge in [0.1, 0.15) is 0 Å². The molecule has 1 aromatic rings. The summed E-state index contributed by atoms with van der Waals surface area (Å²) in [7, 11) is 0. The van der Waals surface area contributed by atoms with Crippen molar-refractivity contribution in [2.45, 2.75) is 18.9 Å². The van der Waals surface area contributed by atoms with E-state index < -0.39 is 11.6 Å². The first-order valence-corrected chi connectivity index (χ1v) is 5.34. The van der Waals surface area contributed by atoms with Crippen LogP contribution in [0.4, 0.5) is 0 Å². The highest BCUT2D eigenvalue weighted by Gasteiger charge is 2.46. The van der Waals surface area contributed by atoms with Crippen molar-refractivity contribution in [2.24, 2.45) is 0 Å². The van der Waals surface area contributed by atoms with Crippen molar-refractivity contribution in [3.05, 3.63) is 47.7 Å². The second-order valence-electron chi connectivity index (χ2n) is 3.83. The van der Waals surface area contributed by atoms with Crippen molar-refractivity contribution in [3.8, 4) is 0 Å². The Bertz CT molecular complexity index is 489. The lowest BCUT2D eigenvalue weighted by atomic mass is 9.88. The van der Waals surface area contributed by atoms with E-state index in [0.717, 1.165) is 6.08 Å². The molecule has 1 aromatic carbocycles. The summed E-state index contributed by atoms with van der Waals surface area (Å²) < 4.78 is 5.37. The number of carbonyl (C=O) groups is 2. The van der Waals surface area contributed by atoms with Crippen molar-refractivity contribution in [3.63, 3.8) is 0 Å². The Labute approximate surface area is 98.5 Å². The molecule has 1 aliphatic heterocycles. The normalized spacial score (nSPS) is 23.1. The topological polar surface area (TPSA) is 63.6 Å². The summed E-state index contributed by atoms with van der Waals surface area (Å²) in [6.07, 6.45) is 1.45. The highest BCUT2D eigenvalue weighted by atomic mass is 16.5. The van der Waals surface area contributed by atoms with E-state index in [2.05, 4.69) is 0 Å². The van der Waals surface area contributed by atoms with Crippen LogP contribution in [0.3, 0.4) is 0 Å².